The minimum Gasteiger partial charge on any atom is -0.493 e. The number of nitrogens with zero attached hydrogens (tertiary/aromatic N) is 2. The van der Waals surface area contributed by atoms with Crippen molar-refractivity contribution in [2.45, 2.75) is 33.2 Å². The minimum atomic E-state index is -0.274. The standard InChI is InChI=1S/C18H25N3O4/c1-7-12(3)21-16(8-11(2)20-21)19-18(22)13-9-14(23-4)17(25-6)15(10-13)24-5/h8-10,12H,7H2,1-6H3,(H,19,22). The Bertz CT molecular complexity index is 730. The van der Waals surface area contributed by atoms with Gasteiger partial charge in [-0.15, -0.1) is 0 Å². The number of carbonyl (C=O) groups is 1. The van der Waals surface area contributed by atoms with Crippen LogP contribution in [0.25, 0.3) is 0 Å². The number of nitrogens with one attached hydrogen (secondary N) is 1. The van der Waals surface area contributed by atoms with Gasteiger partial charge in [-0.2, -0.15) is 5.10 Å². The number of anilines is 1. The van der Waals surface area contributed by atoms with Crippen molar-refractivity contribution in [3.05, 3.63) is 29.5 Å². The fraction of sp³-hybridized carbons (Fsp3) is 0.444. The summed E-state index contributed by atoms with van der Waals surface area (Å²) in [4.78, 5) is 12.7. The fourth-order valence-corrected chi connectivity index (χ4v) is 2.52. The molecule has 0 fully saturated rings. The number of benzene rings is 1. The first-order valence-corrected chi connectivity index (χ1v) is 8.12. The van der Waals surface area contributed by atoms with E-state index in [0.717, 1.165) is 12.1 Å². The average molecular weight is 347 g/mol. The van der Waals surface area contributed by atoms with Gasteiger partial charge in [0.15, 0.2) is 11.5 Å². The molecule has 0 aliphatic carbocycles. The van der Waals surface area contributed by atoms with E-state index in [9.17, 15) is 4.79 Å². The molecule has 7 nitrogen and oxygen atoms in total. The van der Waals surface area contributed by atoms with Crippen molar-refractivity contribution in [1.82, 2.24) is 9.78 Å². The molecular weight excluding hydrogens is 322 g/mol. The molecule has 1 aromatic carbocycles. The number of methoxy groups -OCH3 is 3. The maximum absolute atomic E-state index is 12.7. The largest absolute Gasteiger partial charge is 0.493 e. The summed E-state index contributed by atoms with van der Waals surface area (Å²) in [7, 11) is 4.55. The highest BCUT2D eigenvalue weighted by molar-refractivity contribution is 6.04. The second kappa shape index (κ2) is 7.92. The second-order valence-corrected chi connectivity index (χ2v) is 5.74. The monoisotopic (exact) mass is 347 g/mol. The third kappa shape index (κ3) is 3.87. The number of carbonyl (C=O) groups excluding carboxylic acids is 1. The third-order valence-electron chi connectivity index (χ3n) is 4.03. The number of aromatic nitrogens is 2. The van der Waals surface area contributed by atoms with Crippen LogP contribution in [0.5, 0.6) is 17.2 Å². The molecule has 2 aromatic rings. The summed E-state index contributed by atoms with van der Waals surface area (Å²) in [5.74, 6) is 1.69. The van der Waals surface area contributed by atoms with Crippen molar-refractivity contribution in [2.75, 3.05) is 26.6 Å². The van der Waals surface area contributed by atoms with Crippen molar-refractivity contribution in [3.63, 3.8) is 0 Å². The maximum Gasteiger partial charge on any atom is 0.257 e. The van der Waals surface area contributed by atoms with Crippen LogP contribution in [0.2, 0.25) is 0 Å². The minimum absolute atomic E-state index is 0.184. The Hall–Kier alpha value is -2.70. The van der Waals surface area contributed by atoms with E-state index in [0.29, 0.717) is 28.6 Å². The summed E-state index contributed by atoms with van der Waals surface area (Å²) in [6.07, 6.45) is 0.911. The van der Waals surface area contributed by atoms with Crippen LogP contribution >= 0.6 is 0 Å². The quantitative estimate of drug-likeness (QED) is 0.830. The van der Waals surface area contributed by atoms with Gasteiger partial charge < -0.3 is 19.5 Å². The van der Waals surface area contributed by atoms with Crippen LogP contribution in [0, 0.1) is 6.92 Å². The van der Waals surface area contributed by atoms with Gasteiger partial charge in [0.1, 0.15) is 5.82 Å². The molecule has 0 saturated carbocycles. The summed E-state index contributed by atoms with van der Waals surface area (Å²) in [6.45, 7) is 6.03. The van der Waals surface area contributed by atoms with Gasteiger partial charge in [0, 0.05) is 11.6 Å². The predicted molar refractivity (Wildman–Crippen MR) is 96.0 cm³/mol. The predicted octanol–water partition coefficient (Wildman–Crippen LogP) is 3.44. The Morgan fingerprint density at radius 1 is 1.16 bits per heavy atom. The Morgan fingerprint density at radius 2 is 1.76 bits per heavy atom. The molecule has 0 aliphatic heterocycles. The molecule has 0 radical (unpaired) electrons. The molecule has 0 spiro atoms. The fourth-order valence-electron chi connectivity index (χ4n) is 2.52. The zero-order valence-electron chi connectivity index (χ0n) is 15.5. The number of hydrogen-bond acceptors (Lipinski definition) is 5. The van der Waals surface area contributed by atoms with E-state index in [1.54, 1.807) is 12.1 Å². The zero-order chi connectivity index (χ0) is 18.6. The molecule has 1 unspecified atom stereocenters. The van der Waals surface area contributed by atoms with Crippen LogP contribution in [0.4, 0.5) is 5.82 Å². The first-order valence-electron chi connectivity index (χ1n) is 8.12. The van der Waals surface area contributed by atoms with Gasteiger partial charge in [0.2, 0.25) is 5.75 Å². The lowest BCUT2D eigenvalue weighted by Gasteiger charge is -2.16. The summed E-state index contributed by atoms with van der Waals surface area (Å²) < 4.78 is 17.7. The van der Waals surface area contributed by atoms with Crippen molar-refractivity contribution >= 4 is 11.7 Å². The summed E-state index contributed by atoms with van der Waals surface area (Å²) in [5.41, 5.74) is 1.25. The van der Waals surface area contributed by atoms with Crippen LogP contribution in [-0.2, 0) is 0 Å². The number of amides is 1. The van der Waals surface area contributed by atoms with E-state index in [1.807, 2.05) is 17.7 Å². The van der Waals surface area contributed by atoms with E-state index in [4.69, 9.17) is 14.2 Å². The molecule has 0 aliphatic rings. The molecule has 1 N–H and O–H groups in total. The molecular formula is C18H25N3O4. The van der Waals surface area contributed by atoms with Crippen LogP contribution in [0.3, 0.4) is 0 Å². The Morgan fingerprint density at radius 3 is 2.24 bits per heavy atom. The molecule has 136 valence electrons. The smallest absolute Gasteiger partial charge is 0.257 e. The highest BCUT2D eigenvalue weighted by Gasteiger charge is 2.19. The molecule has 1 amide bonds. The van der Waals surface area contributed by atoms with Gasteiger partial charge in [-0.05, 0) is 32.4 Å². The number of aryl methyl sites for hydroxylation is 1. The summed E-state index contributed by atoms with van der Waals surface area (Å²) in [6, 6.07) is 5.27. The molecule has 1 atom stereocenters. The van der Waals surface area contributed by atoms with E-state index >= 15 is 0 Å². The SMILES string of the molecule is CCC(C)n1nc(C)cc1NC(=O)c1cc(OC)c(OC)c(OC)c1. The van der Waals surface area contributed by atoms with E-state index < -0.39 is 0 Å². The lowest BCUT2D eigenvalue weighted by molar-refractivity contribution is 0.102. The van der Waals surface area contributed by atoms with Crippen molar-refractivity contribution in [2.24, 2.45) is 0 Å². The van der Waals surface area contributed by atoms with Gasteiger partial charge in [-0.1, -0.05) is 6.92 Å². The Labute approximate surface area is 147 Å². The van der Waals surface area contributed by atoms with E-state index in [1.165, 1.54) is 21.3 Å². The number of hydrogen-bond donors (Lipinski definition) is 1. The molecule has 0 bridgehead atoms. The average Bonchev–Trinajstić information content (AvgIpc) is 2.99. The Kier molecular flexibility index (Phi) is 5.90. The highest BCUT2D eigenvalue weighted by Crippen LogP contribution is 2.38. The van der Waals surface area contributed by atoms with Crippen LogP contribution < -0.4 is 19.5 Å². The van der Waals surface area contributed by atoms with Crippen LogP contribution in [-0.4, -0.2) is 37.0 Å². The van der Waals surface area contributed by atoms with Crippen molar-refractivity contribution in [3.8, 4) is 17.2 Å². The van der Waals surface area contributed by atoms with Gasteiger partial charge in [0.05, 0.1) is 33.1 Å². The first-order chi connectivity index (χ1) is 11.9. The van der Waals surface area contributed by atoms with Crippen molar-refractivity contribution in [1.29, 1.82) is 0 Å². The lowest BCUT2D eigenvalue weighted by Crippen LogP contribution is -2.17. The second-order valence-electron chi connectivity index (χ2n) is 5.74. The van der Waals surface area contributed by atoms with Gasteiger partial charge in [-0.25, -0.2) is 4.68 Å². The van der Waals surface area contributed by atoms with E-state index in [2.05, 4.69) is 24.3 Å². The normalized spacial score (nSPS) is 11.8. The lowest BCUT2D eigenvalue weighted by atomic mass is 10.1. The topological polar surface area (TPSA) is 74.6 Å². The third-order valence-corrected chi connectivity index (χ3v) is 4.03. The number of ether oxygens (including phenoxy) is 3. The zero-order valence-corrected chi connectivity index (χ0v) is 15.5. The Balaban J connectivity index is 2.36. The van der Waals surface area contributed by atoms with E-state index in [-0.39, 0.29) is 11.9 Å². The van der Waals surface area contributed by atoms with Crippen LogP contribution in [0.1, 0.15) is 42.4 Å². The molecule has 7 heteroatoms. The summed E-state index contributed by atoms with van der Waals surface area (Å²) >= 11 is 0. The van der Waals surface area contributed by atoms with Crippen LogP contribution in [0.15, 0.2) is 18.2 Å². The maximum atomic E-state index is 12.7. The van der Waals surface area contributed by atoms with Gasteiger partial charge in [-0.3, -0.25) is 4.79 Å². The van der Waals surface area contributed by atoms with Crippen molar-refractivity contribution < 1.29 is 19.0 Å². The number of rotatable bonds is 7. The molecule has 0 saturated heterocycles. The van der Waals surface area contributed by atoms with Gasteiger partial charge in [0.25, 0.3) is 5.91 Å². The summed E-state index contributed by atoms with van der Waals surface area (Å²) in [5, 5.41) is 7.37. The molecule has 25 heavy (non-hydrogen) atoms. The molecule has 1 aromatic heterocycles. The highest BCUT2D eigenvalue weighted by atomic mass is 16.5. The first kappa shape index (κ1) is 18.6. The molecule has 1 heterocycles. The molecule has 2 rings (SSSR count). The van der Waals surface area contributed by atoms with Gasteiger partial charge >= 0.3 is 0 Å².